The molecule has 0 spiro atoms. The average molecular weight is 383 g/mol. The quantitative estimate of drug-likeness (QED) is 0.676. The van der Waals surface area contributed by atoms with Gasteiger partial charge in [0.25, 0.3) is 0 Å². The summed E-state index contributed by atoms with van der Waals surface area (Å²) in [5.74, 6) is 1.21. The van der Waals surface area contributed by atoms with Crippen LogP contribution in [0.15, 0.2) is 42.5 Å². The Morgan fingerprint density at radius 3 is 2.74 bits per heavy atom. The third-order valence-electron chi connectivity index (χ3n) is 4.92. The third kappa shape index (κ3) is 3.74. The van der Waals surface area contributed by atoms with Crippen LogP contribution in [0, 0.1) is 19.7 Å². The van der Waals surface area contributed by atoms with Gasteiger partial charge in [-0.25, -0.2) is 9.37 Å². The number of aryl methyl sites for hydroxylation is 1. The normalized spacial score (nSPS) is 13.4. The molecular weight excluding hydrogens is 363 g/mol. The number of fused-ring (bicyclic) bond motifs is 1. The molecule has 0 atom stereocenters. The number of rotatable bonds is 3. The van der Waals surface area contributed by atoms with Gasteiger partial charge >= 0.3 is 0 Å². The molecule has 0 fully saturated rings. The standard InChI is InChI=1S/C21H20ClFN4/c1-13-14(2)24-21(25-19-5-3-4-17(22)11-19)26-20(13)27-9-8-15-6-7-18(23)10-16(15)12-27/h3-7,10-11H,8-9,12H2,1-2H3,(H,24,25,26). The Balaban J connectivity index is 1.65. The lowest BCUT2D eigenvalue weighted by atomic mass is 9.99. The highest BCUT2D eigenvalue weighted by molar-refractivity contribution is 6.30. The molecule has 2 aromatic carbocycles. The summed E-state index contributed by atoms with van der Waals surface area (Å²) in [4.78, 5) is 11.5. The molecule has 4 nitrogen and oxygen atoms in total. The second-order valence-corrected chi connectivity index (χ2v) is 7.24. The first kappa shape index (κ1) is 17.7. The molecule has 0 bridgehead atoms. The van der Waals surface area contributed by atoms with Crippen molar-refractivity contribution in [1.82, 2.24) is 9.97 Å². The van der Waals surface area contributed by atoms with Crippen LogP contribution in [-0.2, 0) is 13.0 Å². The lowest BCUT2D eigenvalue weighted by Gasteiger charge is -2.31. The maximum atomic E-state index is 13.6. The summed E-state index contributed by atoms with van der Waals surface area (Å²) in [7, 11) is 0. The van der Waals surface area contributed by atoms with E-state index in [1.54, 1.807) is 6.07 Å². The monoisotopic (exact) mass is 382 g/mol. The second-order valence-electron chi connectivity index (χ2n) is 6.80. The molecular formula is C21H20ClFN4. The average Bonchev–Trinajstić information content (AvgIpc) is 2.64. The molecule has 1 aromatic heterocycles. The van der Waals surface area contributed by atoms with Crippen molar-refractivity contribution >= 4 is 29.1 Å². The van der Waals surface area contributed by atoms with Crippen LogP contribution < -0.4 is 10.2 Å². The zero-order valence-electron chi connectivity index (χ0n) is 15.3. The van der Waals surface area contributed by atoms with Crippen LogP contribution in [0.1, 0.15) is 22.4 Å². The largest absolute Gasteiger partial charge is 0.352 e. The highest BCUT2D eigenvalue weighted by Crippen LogP contribution is 2.29. The Morgan fingerprint density at radius 1 is 1.07 bits per heavy atom. The van der Waals surface area contributed by atoms with E-state index < -0.39 is 0 Å². The molecule has 0 saturated carbocycles. The third-order valence-corrected chi connectivity index (χ3v) is 5.16. The molecule has 0 saturated heterocycles. The summed E-state index contributed by atoms with van der Waals surface area (Å²) in [5, 5.41) is 3.88. The van der Waals surface area contributed by atoms with Crippen LogP contribution in [0.5, 0.6) is 0 Å². The molecule has 0 unspecified atom stereocenters. The van der Waals surface area contributed by atoms with Crippen molar-refractivity contribution in [3.05, 3.63) is 75.7 Å². The van der Waals surface area contributed by atoms with E-state index in [9.17, 15) is 4.39 Å². The highest BCUT2D eigenvalue weighted by atomic mass is 35.5. The van der Waals surface area contributed by atoms with Crippen LogP contribution in [0.2, 0.25) is 5.02 Å². The zero-order valence-corrected chi connectivity index (χ0v) is 16.0. The molecule has 1 aliphatic rings. The van der Waals surface area contributed by atoms with Gasteiger partial charge in [0.05, 0.1) is 0 Å². The predicted octanol–water partition coefficient (Wildman–Crippen LogP) is 5.19. The molecule has 3 aromatic rings. The van der Waals surface area contributed by atoms with E-state index in [1.165, 1.54) is 11.6 Å². The second kappa shape index (κ2) is 7.16. The Kier molecular flexibility index (Phi) is 4.70. The zero-order chi connectivity index (χ0) is 19.0. The summed E-state index contributed by atoms with van der Waals surface area (Å²) in [6, 6.07) is 12.5. The number of hydrogen-bond acceptors (Lipinski definition) is 4. The van der Waals surface area contributed by atoms with Crippen molar-refractivity contribution < 1.29 is 4.39 Å². The summed E-state index contributed by atoms with van der Waals surface area (Å²) in [6.45, 7) is 5.48. The van der Waals surface area contributed by atoms with E-state index in [2.05, 4.69) is 15.2 Å². The Morgan fingerprint density at radius 2 is 1.93 bits per heavy atom. The number of nitrogens with zero attached hydrogens (tertiary/aromatic N) is 3. The first-order valence-electron chi connectivity index (χ1n) is 8.89. The van der Waals surface area contributed by atoms with Crippen molar-refractivity contribution in [2.24, 2.45) is 0 Å². The van der Waals surface area contributed by atoms with E-state index in [-0.39, 0.29) is 5.82 Å². The van der Waals surface area contributed by atoms with Crippen LogP contribution in [0.3, 0.4) is 0 Å². The predicted molar refractivity (Wildman–Crippen MR) is 107 cm³/mol. The lowest BCUT2D eigenvalue weighted by molar-refractivity contribution is 0.618. The summed E-state index contributed by atoms with van der Waals surface area (Å²) < 4.78 is 13.6. The number of halogens is 2. The smallest absolute Gasteiger partial charge is 0.229 e. The molecule has 138 valence electrons. The minimum Gasteiger partial charge on any atom is -0.352 e. The van der Waals surface area contributed by atoms with Crippen molar-refractivity contribution in [2.75, 3.05) is 16.8 Å². The highest BCUT2D eigenvalue weighted by Gasteiger charge is 2.21. The number of hydrogen-bond donors (Lipinski definition) is 1. The van der Waals surface area contributed by atoms with Gasteiger partial charge in [-0.2, -0.15) is 4.98 Å². The SMILES string of the molecule is Cc1nc(Nc2cccc(Cl)c2)nc(N2CCc3ccc(F)cc3C2)c1C. The molecule has 0 radical (unpaired) electrons. The van der Waals surface area contributed by atoms with Gasteiger partial charge in [0.15, 0.2) is 0 Å². The number of aromatic nitrogens is 2. The van der Waals surface area contributed by atoms with Gasteiger partial charge in [0, 0.05) is 35.1 Å². The van der Waals surface area contributed by atoms with Crippen molar-refractivity contribution in [3.8, 4) is 0 Å². The van der Waals surface area contributed by atoms with Gasteiger partial charge in [-0.3, -0.25) is 0 Å². The van der Waals surface area contributed by atoms with Crippen LogP contribution in [0.4, 0.5) is 21.8 Å². The Bertz CT molecular complexity index is 1010. The fourth-order valence-electron chi connectivity index (χ4n) is 3.38. The molecule has 2 heterocycles. The van der Waals surface area contributed by atoms with Crippen LogP contribution in [0.25, 0.3) is 0 Å². The summed E-state index contributed by atoms with van der Waals surface area (Å²) >= 11 is 6.06. The van der Waals surface area contributed by atoms with Crippen molar-refractivity contribution in [2.45, 2.75) is 26.8 Å². The van der Waals surface area contributed by atoms with Gasteiger partial charge in [-0.15, -0.1) is 0 Å². The van der Waals surface area contributed by atoms with E-state index in [0.29, 0.717) is 17.5 Å². The molecule has 1 aliphatic heterocycles. The maximum Gasteiger partial charge on any atom is 0.229 e. The Hall–Kier alpha value is -2.66. The number of benzene rings is 2. The summed E-state index contributed by atoms with van der Waals surface area (Å²) in [6.07, 6.45) is 0.870. The van der Waals surface area contributed by atoms with Crippen molar-refractivity contribution in [3.63, 3.8) is 0 Å². The van der Waals surface area contributed by atoms with Gasteiger partial charge in [0.1, 0.15) is 11.6 Å². The van der Waals surface area contributed by atoms with Gasteiger partial charge in [0.2, 0.25) is 5.95 Å². The maximum absolute atomic E-state index is 13.6. The first-order chi connectivity index (χ1) is 13.0. The Labute approximate surface area is 163 Å². The van der Waals surface area contributed by atoms with Gasteiger partial charge in [-0.1, -0.05) is 23.7 Å². The molecule has 4 rings (SSSR count). The van der Waals surface area contributed by atoms with Gasteiger partial charge in [-0.05, 0) is 61.7 Å². The molecule has 6 heteroatoms. The topological polar surface area (TPSA) is 41.1 Å². The molecule has 27 heavy (non-hydrogen) atoms. The van der Waals surface area contributed by atoms with E-state index in [0.717, 1.165) is 41.3 Å². The van der Waals surface area contributed by atoms with Gasteiger partial charge < -0.3 is 10.2 Å². The fraction of sp³-hybridized carbons (Fsp3) is 0.238. The fourth-order valence-corrected chi connectivity index (χ4v) is 3.57. The van der Waals surface area contributed by atoms with E-state index in [1.807, 2.05) is 44.2 Å². The minimum atomic E-state index is -0.200. The molecule has 1 N–H and O–H groups in total. The summed E-state index contributed by atoms with van der Waals surface area (Å²) in [5.41, 5.74) is 5.00. The number of anilines is 3. The first-order valence-corrected chi connectivity index (χ1v) is 9.27. The lowest BCUT2D eigenvalue weighted by Crippen LogP contribution is -2.32. The number of nitrogens with one attached hydrogen (secondary N) is 1. The van der Waals surface area contributed by atoms with Crippen LogP contribution in [-0.4, -0.2) is 16.5 Å². The van der Waals surface area contributed by atoms with E-state index in [4.69, 9.17) is 16.6 Å². The van der Waals surface area contributed by atoms with Crippen LogP contribution >= 0.6 is 11.6 Å². The van der Waals surface area contributed by atoms with E-state index >= 15 is 0 Å². The molecule has 0 amide bonds. The van der Waals surface area contributed by atoms with Crippen molar-refractivity contribution in [1.29, 1.82) is 0 Å². The minimum absolute atomic E-state index is 0.200. The molecule has 0 aliphatic carbocycles.